The zero-order valence-electron chi connectivity index (χ0n) is 13.5. The number of hydrogen-bond donors (Lipinski definition) is 2. The molecule has 128 valence electrons. The topological polar surface area (TPSA) is 78.5 Å². The van der Waals surface area contributed by atoms with Gasteiger partial charge in [-0.2, -0.15) is 0 Å². The van der Waals surface area contributed by atoms with Gasteiger partial charge in [-0.3, -0.25) is 0 Å². The Hall–Kier alpha value is -0.820. The highest BCUT2D eigenvalue weighted by Crippen LogP contribution is 2.19. The zero-order valence-corrected chi connectivity index (χ0v) is 14.3. The molecule has 1 saturated heterocycles. The molecule has 7 heteroatoms. The molecule has 1 heterocycles. The minimum Gasteiger partial charge on any atom is -0.335 e. The van der Waals surface area contributed by atoms with Crippen LogP contribution in [0.25, 0.3) is 0 Å². The molecule has 0 atom stereocenters. The van der Waals surface area contributed by atoms with Crippen LogP contribution >= 0.6 is 0 Å². The van der Waals surface area contributed by atoms with Gasteiger partial charge in [0.2, 0.25) is 10.0 Å². The summed E-state index contributed by atoms with van der Waals surface area (Å²) in [7, 11) is -3.12. The minimum atomic E-state index is -3.12. The summed E-state index contributed by atoms with van der Waals surface area (Å²) in [5, 5.41) is 3.18. The number of rotatable bonds is 4. The van der Waals surface area contributed by atoms with Crippen LogP contribution in [0.4, 0.5) is 4.79 Å². The molecule has 0 spiro atoms. The second kappa shape index (κ2) is 8.15. The Bertz CT molecular complexity index is 451. The quantitative estimate of drug-likeness (QED) is 0.769. The summed E-state index contributed by atoms with van der Waals surface area (Å²) in [6, 6.07) is 0.390. The highest BCUT2D eigenvalue weighted by molar-refractivity contribution is 7.88. The Kier molecular flexibility index (Phi) is 6.50. The third kappa shape index (κ3) is 6.12. The predicted molar refractivity (Wildman–Crippen MR) is 87.2 cm³/mol. The van der Waals surface area contributed by atoms with E-state index >= 15 is 0 Å². The van der Waals surface area contributed by atoms with Gasteiger partial charge in [0.1, 0.15) is 0 Å². The number of hydrogen-bond acceptors (Lipinski definition) is 3. The second-order valence-corrected chi connectivity index (χ2v) is 8.52. The Labute approximate surface area is 134 Å². The van der Waals surface area contributed by atoms with Crippen molar-refractivity contribution in [1.82, 2.24) is 14.9 Å². The van der Waals surface area contributed by atoms with E-state index in [2.05, 4.69) is 10.0 Å². The Balaban J connectivity index is 1.70. The lowest BCUT2D eigenvalue weighted by molar-refractivity contribution is 0.166. The number of nitrogens with zero attached hydrogens (tertiary/aromatic N) is 1. The molecule has 0 bridgehead atoms. The molecule has 0 radical (unpaired) electrons. The summed E-state index contributed by atoms with van der Waals surface area (Å²) < 4.78 is 24.8. The fraction of sp³-hybridized carbons (Fsp3) is 0.933. The lowest BCUT2D eigenvalue weighted by Crippen LogP contribution is -2.48. The third-order valence-corrected chi connectivity index (χ3v) is 5.41. The zero-order chi connectivity index (χ0) is 16.0. The molecule has 2 rings (SSSR count). The number of carbonyl (C=O) groups is 1. The van der Waals surface area contributed by atoms with E-state index in [4.69, 9.17) is 0 Å². The molecular weight excluding hydrogens is 302 g/mol. The first-order valence-electron chi connectivity index (χ1n) is 8.44. The smallest absolute Gasteiger partial charge is 0.317 e. The van der Waals surface area contributed by atoms with Crippen LogP contribution < -0.4 is 10.0 Å². The van der Waals surface area contributed by atoms with Crippen molar-refractivity contribution in [2.45, 2.75) is 57.4 Å². The van der Waals surface area contributed by atoms with Gasteiger partial charge in [-0.05, 0) is 31.6 Å². The van der Waals surface area contributed by atoms with Crippen LogP contribution in [0.15, 0.2) is 0 Å². The second-order valence-electron chi connectivity index (χ2n) is 6.69. The van der Waals surface area contributed by atoms with Crippen LogP contribution in [-0.4, -0.2) is 51.3 Å². The van der Waals surface area contributed by atoms with E-state index < -0.39 is 10.0 Å². The van der Waals surface area contributed by atoms with Gasteiger partial charge in [-0.1, -0.05) is 25.7 Å². The molecule has 2 fully saturated rings. The molecule has 0 aromatic heterocycles. The fourth-order valence-corrected chi connectivity index (χ4v) is 3.84. The van der Waals surface area contributed by atoms with Crippen LogP contribution in [0.5, 0.6) is 0 Å². The van der Waals surface area contributed by atoms with Gasteiger partial charge in [0.05, 0.1) is 6.26 Å². The minimum absolute atomic E-state index is 0.0569. The first-order chi connectivity index (χ1) is 10.4. The SMILES string of the molecule is CS(=O)(=O)NCC1CCN(C(=O)NC2CCCCCC2)CC1. The predicted octanol–water partition coefficient (Wildman–Crippen LogP) is 1.68. The van der Waals surface area contributed by atoms with Crippen molar-refractivity contribution < 1.29 is 13.2 Å². The summed E-state index contributed by atoms with van der Waals surface area (Å²) in [6.07, 6.45) is 10.1. The maximum absolute atomic E-state index is 12.3. The van der Waals surface area contributed by atoms with Crippen LogP contribution in [0, 0.1) is 5.92 Å². The lowest BCUT2D eigenvalue weighted by atomic mass is 9.97. The number of likely N-dealkylation sites (tertiary alicyclic amines) is 1. The highest BCUT2D eigenvalue weighted by Gasteiger charge is 2.25. The van der Waals surface area contributed by atoms with Gasteiger partial charge in [0, 0.05) is 25.7 Å². The monoisotopic (exact) mass is 331 g/mol. The van der Waals surface area contributed by atoms with Gasteiger partial charge in [0.15, 0.2) is 0 Å². The molecule has 0 unspecified atom stereocenters. The molecule has 2 aliphatic rings. The van der Waals surface area contributed by atoms with E-state index in [1.807, 2.05) is 4.90 Å². The Morgan fingerprint density at radius 1 is 1.05 bits per heavy atom. The number of nitrogens with one attached hydrogen (secondary N) is 2. The third-order valence-electron chi connectivity index (χ3n) is 4.72. The summed E-state index contributed by atoms with van der Waals surface area (Å²) >= 11 is 0. The number of sulfonamides is 1. The van der Waals surface area contributed by atoms with Gasteiger partial charge < -0.3 is 10.2 Å². The van der Waals surface area contributed by atoms with Crippen LogP contribution in [-0.2, 0) is 10.0 Å². The Morgan fingerprint density at radius 3 is 2.18 bits per heavy atom. The summed E-state index contributed by atoms with van der Waals surface area (Å²) in [4.78, 5) is 14.2. The van der Waals surface area contributed by atoms with Crippen molar-refractivity contribution in [3.8, 4) is 0 Å². The van der Waals surface area contributed by atoms with Crippen molar-refractivity contribution in [1.29, 1.82) is 0 Å². The molecule has 0 aromatic rings. The molecule has 6 nitrogen and oxygen atoms in total. The van der Waals surface area contributed by atoms with E-state index in [1.54, 1.807) is 0 Å². The summed E-state index contributed by atoms with van der Waals surface area (Å²) in [5.41, 5.74) is 0. The molecule has 22 heavy (non-hydrogen) atoms. The standard InChI is InChI=1S/C15H29N3O3S/c1-22(20,21)16-12-13-8-10-18(11-9-13)15(19)17-14-6-4-2-3-5-7-14/h13-14,16H,2-12H2,1H3,(H,17,19). The summed E-state index contributed by atoms with van der Waals surface area (Å²) in [5.74, 6) is 0.330. The number of carbonyl (C=O) groups excluding carboxylic acids is 1. The number of piperidine rings is 1. The van der Waals surface area contributed by atoms with Gasteiger partial charge in [-0.25, -0.2) is 17.9 Å². The Morgan fingerprint density at radius 2 is 1.64 bits per heavy atom. The molecule has 2 N–H and O–H groups in total. The number of urea groups is 1. The molecular formula is C15H29N3O3S. The first kappa shape index (κ1) is 17.5. The van der Waals surface area contributed by atoms with Crippen LogP contribution in [0.1, 0.15) is 51.4 Å². The van der Waals surface area contributed by atoms with E-state index in [-0.39, 0.29) is 6.03 Å². The van der Waals surface area contributed by atoms with Crippen molar-refractivity contribution in [3.63, 3.8) is 0 Å². The van der Waals surface area contributed by atoms with Gasteiger partial charge in [0.25, 0.3) is 0 Å². The lowest BCUT2D eigenvalue weighted by Gasteiger charge is -2.33. The van der Waals surface area contributed by atoms with Crippen molar-refractivity contribution in [2.24, 2.45) is 5.92 Å². The molecule has 1 aliphatic heterocycles. The largest absolute Gasteiger partial charge is 0.335 e. The van der Waals surface area contributed by atoms with Crippen LogP contribution in [0.3, 0.4) is 0 Å². The van der Waals surface area contributed by atoms with Gasteiger partial charge in [-0.15, -0.1) is 0 Å². The number of amides is 2. The summed E-state index contributed by atoms with van der Waals surface area (Å²) in [6.45, 7) is 1.92. The molecule has 1 saturated carbocycles. The van der Waals surface area contributed by atoms with Crippen molar-refractivity contribution in [2.75, 3.05) is 25.9 Å². The highest BCUT2D eigenvalue weighted by atomic mass is 32.2. The maximum Gasteiger partial charge on any atom is 0.317 e. The van der Waals surface area contributed by atoms with Crippen molar-refractivity contribution >= 4 is 16.1 Å². The molecule has 1 aliphatic carbocycles. The van der Waals surface area contributed by atoms with Gasteiger partial charge >= 0.3 is 6.03 Å². The molecule has 0 aromatic carbocycles. The average Bonchev–Trinajstić information content (AvgIpc) is 2.73. The van der Waals surface area contributed by atoms with Crippen LogP contribution in [0.2, 0.25) is 0 Å². The normalized spacial score (nSPS) is 22.3. The van der Waals surface area contributed by atoms with E-state index in [0.29, 0.717) is 31.6 Å². The molecule has 2 amide bonds. The van der Waals surface area contributed by atoms with E-state index in [0.717, 1.165) is 25.7 Å². The van der Waals surface area contributed by atoms with E-state index in [9.17, 15) is 13.2 Å². The maximum atomic E-state index is 12.3. The first-order valence-corrected chi connectivity index (χ1v) is 10.3. The fourth-order valence-electron chi connectivity index (χ4n) is 3.30. The van der Waals surface area contributed by atoms with E-state index in [1.165, 1.54) is 31.9 Å². The van der Waals surface area contributed by atoms with Crippen molar-refractivity contribution in [3.05, 3.63) is 0 Å². The average molecular weight is 331 g/mol.